The van der Waals surface area contributed by atoms with E-state index in [1.165, 1.54) is 11.1 Å². The molecule has 1 saturated carbocycles. The summed E-state index contributed by atoms with van der Waals surface area (Å²) >= 11 is 0. The van der Waals surface area contributed by atoms with E-state index in [-0.39, 0.29) is 111 Å². The zero-order valence-electron chi connectivity index (χ0n) is 16.0. The van der Waals surface area contributed by atoms with E-state index >= 15 is 0 Å². The summed E-state index contributed by atoms with van der Waals surface area (Å²) < 4.78 is 0. The number of Topliss-reactive ketones (excluding diaryl/α,β-unsaturated/α-hetero) is 1. The second kappa shape index (κ2) is 8.34. The molecule has 0 spiro atoms. The first kappa shape index (κ1) is 23.8. The molecule has 0 aromatic heterocycles. The van der Waals surface area contributed by atoms with Gasteiger partial charge >= 0.3 is 0 Å². The molecule has 0 saturated heterocycles. The van der Waals surface area contributed by atoms with Gasteiger partial charge < -0.3 is 10.2 Å². The van der Waals surface area contributed by atoms with E-state index < -0.39 is 6.10 Å². The Labute approximate surface area is 228 Å². The molecule has 4 rings (SSSR count). The smallest absolute Gasteiger partial charge is 0.134 e. The van der Waals surface area contributed by atoms with Crippen molar-refractivity contribution in [3.63, 3.8) is 0 Å². The number of aliphatic hydroxyl groups excluding tert-OH is 2. The van der Waals surface area contributed by atoms with Crippen LogP contribution in [0.4, 0.5) is 0 Å². The molecule has 0 amide bonds. The van der Waals surface area contributed by atoms with Crippen LogP contribution in [0.2, 0.25) is 0 Å². The third-order valence-electron chi connectivity index (χ3n) is 7.76. The van der Waals surface area contributed by atoms with Gasteiger partial charge in [-0.3, -0.25) is 4.79 Å². The predicted molar refractivity (Wildman–Crippen MR) is 93.3 cm³/mol. The van der Waals surface area contributed by atoms with Gasteiger partial charge in [-0.2, -0.15) is 0 Å². The van der Waals surface area contributed by atoms with Crippen LogP contribution in [0.5, 0.6) is 0 Å². The Balaban J connectivity index is 0.00000121. The van der Waals surface area contributed by atoms with E-state index in [4.69, 9.17) is 0 Å². The number of allylic oxidation sites excluding steroid dienone is 5. The molecule has 2 N–H and O–H groups in total. The molecule has 0 bridgehead atoms. The molecule has 4 aliphatic rings. The van der Waals surface area contributed by atoms with Crippen LogP contribution in [0.3, 0.4) is 0 Å². The van der Waals surface area contributed by atoms with E-state index in [1.807, 2.05) is 6.08 Å². The first-order valence-electron chi connectivity index (χ1n) is 9.27. The fourth-order valence-electron chi connectivity index (χ4n) is 6.23. The number of carbonyl (C=O) groups excluding carboxylic acids is 1. The molecular formula is C21H28Ac2O3. The van der Waals surface area contributed by atoms with Crippen molar-refractivity contribution in [3.05, 3.63) is 35.1 Å². The number of hydrogen-bond donors (Lipinski definition) is 2. The molecule has 0 aliphatic heterocycles. The third kappa shape index (κ3) is 3.37. The summed E-state index contributed by atoms with van der Waals surface area (Å²) in [6.07, 6.45) is 10.2. The zero-order valence-corrected chi connectivity index (χ0v) is 25.5. The van der Waals surface area contributed by atoms with Gasteiger partial charge in [-0.25, -0.2) is 0 Å². The summed E-state index contributed by atoms with van der Waals surface area (Å²) in [5.74, 6) is 1.42. The minimum absolute atomic E-state index is 0. The second-order valence-corrected chi connectivity index (χ2v) is 8.75. The van der Waals surface area contributed by atoms with Crippen molar-refractivity contribution in [3.8, 4) is 0 Å². The molecule has 26 heavy (non-hydrogen) atoms. The van der Waals surface area contributed by atoms with Gasteiger partial charge in [0.25, 0.3) is 0 Å². The normalized spacial score (nSPS) is 43.3. The number of hydrogen-bond acceptors (Lipinski definition) is 3. The zero-order chi connectivity index (χ0) is 17.3. The maximum Gasteiger partial charge on any atom is 0.134 e. The van der Waals surface area contributed by atoms with Crippen LogP contribution in [0.1, 0.15) is 52.9 Å². The molecular weight excluding hydrogens is 754 g/mol. The maximum atomic E-state index is 12.1. The Morgan fingerprint density at radius 3 is 2.54 bits per heavy atom. The molecule has 4 unspecified atom stereocenters. The first-order valence-corrected chi connectivity index (χ1v) is 9.27. The number of fused-ring (bicyclic) bond motifs is 5. The molecule has 6 atom stereocenters. The van der Waals surface area contributed by atoms with Crippen LogP contribution in [-0.2, 0) is 4.79 Å². The second-order valence-electron chi connectivity index (χ2n) is 8.75. The van der Waals surface area contributed by atoms with Crippen LogP contribution in [0.15, 0.2) is 35.1 Å². The van der Waals surface area contributed by atoms with Crippen molar-refractivity contribution in [1.82, 2.24) is 0 Å². The van der Waals surface area contributed by atoms with Gasteiger partial charge in [-0.05, 0) is 61.5 Å². The van der Waals surface area contributed by atoms with Crippen molar-refractivity contribution >= 4 is 5.78 Å². The van der Waals surface area contributed by atoms with E-state index in [0.29, 0.717) is 17.6 Å². The summed E-state index contributed by atoms with van der Waals surface area (Å²) in [6.45, 7) is 6.07. The summed E-state index contributed by atoms with van der Waals surface area (Å²) in [5.41, 5.74) is 2.19. The van der Waals surface area contributed by atoms with Crippen LogP contribution in [-0.4, -0.2) is 22.1 Å². The quantitative estimate of drug-likeness (QED) is 0.395. The molecule has 2 radical (unpaired) electrons. The Bertz CT molecular complexity index is 695. The monoisotopic (exact) mass is 782 g/mol. The maximum absolute atomic E-state index is 12.1. The van der Waals surface area contributed by atoms with Gasteiger partial charge in [0.2, 0.25) is 0 Å². The SMILES string of the molecule is CC(=O)C1CC=C2C3CC=C4C=C(O)CC[C@]4(C)C3CC(O)[C@@]21C.[Ac].[Ac]. The van der Waals surface area contributed by atoms with Gasteiger partial charge in [0.1, 0.15) is 5.78 Å². The Kier molecular flexibility index (Phi) is 7.64. The van der Waals surface area contributed by atoms with Crippen LogP contribution in [0, 0.1) is 117 Å². The fourth-order valence-corrected chi connectivity index (χ4v) is 6.23. The summed E-state index contributed by atoms with van der Waals surface area (Å²) in [5, 5.41) is 21.0. The largest absolute Gasteiger partial charge is 0.512 e. The molecule has 1 fully saturated rings. The van der Waals surface area contributed by atoms with Crippen molar-refractivity contribution in [2.24, 2.45) is 28.6 Å². The van der Waals surface area contributed by atoms with E-state index in [0.717, 1.165) is 32.1 Å². The Morgan fingerprint density at radius 2 is 1.88 bits per heavy atom. The average molecular weight is 782 g/mol. The van der Waals surface area contributed by atoms with Crippen molar-refractivity contribution in [2.75, 3.05) is 0 Å². The molecule has 136 valence electrons. The molecule has 4 aliphatic carbocycles. The summed E-state index contributed by atoms with van der Waals surface area (Å²) in [6, 6.07) is 0. The van der Waals surface area contributed by atoms with Crippen molar-refractivity contribution in [1.29, 1.82) is 0 Å². The molecule has 0 aromatic carbocycles. The van der Waals surface area contributed by atoms with E-state index in [2.05, 4.69) is 26.0 Å². The topological polar surface area (TPSA) is 57.5 Å². The number of rotatable bonds is 1. The van der Waals surface area contributed by atoms with Crippen molar-refractivity contribution in [2.45, 2.75) is 59.0 Å². The minimum atomic E-state index is -0.461. The van der Waals surface area contributed by atoms with E-state index in [1.54, 1.807) is 6.92 Å². The van der Waals surface area contributed by atoms with Crippen molar-refractivity contribution < 1.29 is 103 Å². The Hall–Kier alpha value is 1.53. The van der Waals surface area contributed by atoms with Gasteiger partial charge in [0.15, 0.2) is 0 Å². The van der Waals surface area contributed by atoms with Gasteiger partial charge in [-0.1, -0.05) is 31.6 Å². The van der Waals surface area contributed by atoms with Gasteiger partial charge in [0.05, 0.1) is 11.9 Å². The summed E-state index contributed by atoms with van der Waals surface area (Å²) in [7, 11) is 0. The van der Waals surface area contributed by atoms with Gasteiger partial charge in [0, 0.05) is 106 Å². The van der Waals surface area contributed by atoms with E-state index in [9.17, 15) is 15.0 Å². The fraction of sp³-hybridized carbons (Fsp3) is 0.667. The predicted octanol–water partition coefficient (Wildman–Crippen LogP) is 4.10. The Morgan fingerprint density at radius 1 is 1.19 bits per heavy atom. The minimum Gasteiger partial charge on any atom is -0.512 e. The number of ketones is 1. The standard InChI is InChI=1S/C21H28O3.2Ac/c1-12(22)16-6-7-17-15-5-4-13-10-14(23)8-9-20(13,2)18(15)11-19(24)21(16,17)3;;/h4,7,10,15-16,18-19,23-24H,5-6,8-9,11H2,1-3H3;;/t15?,16?,18?,19?,20-,21+;;/m0../s1. The van der Waals surface area contributed by atoms with Crippen LogP contribution < -0.4 is 0 Å². The summed E-state index contributed by atoms with van der Waals surface area (Å²) in [4.78, 5) is 12.1. The first-order chi connectivity index (χ1) is 11.3. The van der Waals surface area contributed by atoms with Gasteiger partial charge in [-0.15, -0.1) is 0 Å². The molecule has 3 nitrogen and oxygen atoms in total. The number of carbonyl (C=O) groups is 1. The van der Waals surface area contributed by atoms with Crippen LogP contribution in [0.25, 0.3) is 0 Å². The number of aliphatic hydroxyl groups is 2. The molecule has 5 heteroatoms. The molecule has 0 aromatic rings. The third-order valence-corrected chi connectivity index (χ3v) is 7.76. The average Bonchev–Trinajstić information content (AvgIpc) is 2.88. The van der Waals surface area contributed by atoms with Crippen LogP contribution >= 0.6 is 0 Å². The molecule has 0 heterocycles.